The minimum Gasteiger partial charge on any atom is -0.355 e. The number of carbonyl (C=O) groups is 1. The van der Waals surface area contributed by atoms with Gasteiger partial charge in [0.15, 0.2) is 0 Å². The van der Waals surface area contributed by atoms with Crippen LogP contribution < -0.4 is 11.1 Å². The molecule has 4 heteroatoms. The predicted molar refractivity (Wildman–Crippen MR) is 55.2 cm³/mol. The molecule has 2 unspecified atom stereocenters. The number of carbonyl (C=O) groups excluding carboxylic acids is 1. The Labute approximate surface area is 85.5 Å². The van der Waals surface area contributed by atoms with Crippen molar-refractivity contribution >= 4 is 5.91 Å². The lowest BCUT2D eigenvalue weighted by molar-refractivity contribution is -0.124. The highest BCUT2D eigenvalue weighted by atomic mass is 16.1. The van der Waals surface area contributed by atoms with Crippen LogP contribution in [0.5, 0.6) is 0 Å². The van der Waals surface area contributed by atoms with Crippen LogP contribution in [-0.4, -0.2) is 19.0 Å². The lowest BCUT2D eigenvalue weighted by Gasteiger charge is -2.11. The molecule has 14 heavy (non-hydrogen) atoms. The Balaban J connectivity index is 3.68. The zero-order valence-corrected chi connectivity index (χ0v) is 8.92. The second-order valence-corrected chi connectivity index (χ2v) is 3.61. The highest BCUT2D eigenvalue weighted by molar-refractivity contribution is 5.78. The highest BCUT2D eigenvalue weighted by Crippen LogP contribution is 2.04. The summed E-state index contributed by atoms with van der Waals surface area (Å²) >= 11 is 0. The van der Waals surface area contributed by atoms with Gasteiger partial charge in [-0.1, -0.05) is 6.92 Å². The van der Waals surface area contributed by atoms with Crippen molar-refractivity contribution in [2.45, 2.75) is 26.7 Å². The van der Waals surface area contributed by atoms with Gasteiger partial charge in [0.25, 0.3) is 0 Å². The number of nitriles is 1. The van der Waals surface area contributed by atoms with Crippen LogP contribution >= 0.6 is 0 Å². The molecule has 0 heterocycles. The fraction of sp³-hybridized carbons (Fsp3) is 0.800. The molecule has 3 N–H and O–H groups in total. The van der Waals surface area contributed by atoms with E-state index in [1.807, 2.05) is 6.92 Å². The summed E-state index contributed by atoms with van der Waals surface area (Å²) in [5, 5.41) is 11.2. The van der Waals surface area contributed by atoms with Crippen LogP contribution in [0.2, 0.25) is 0 Å². The average molecular weight is 197 g/mol. The first-order valence-corrected chi connectivity index (χ1v) is 4.99. The van der Waals surface area contributed by atoms with Gasteiger partial charge in [-0.15, -0.1) is 0 Å². The van der Waals surface area contributed by atoms with Gasteiger partial charge in [0.2, 0.25) is 5.91 Å². The third-order valence-corrected chi connectivity index (χ3v) is 2.09. The highest BCUT2D eigenvalue weighted by Gasteiger charge is 2.12. The van der Waals surface area contributed by atoms with Crippen molar-refractivity contribution in [3.05, 3.63) is 0 Å². The molecule has 0 aliphatic rings. The first-order chi connectivity index (χ1) is 6.61. The molecule has 0 aliphatic carbocycles. The summed E-state index contributed by atoms with van der Waals surface area (Å²) in [7, 11) is 0. The molecule has 1 amide bonds. The second kappa shape index (κ2) is 7.34. The Kier molecular flexibility index (Phi) is 6.77. The number of rotatable bonds is 6. The molecule has 0 aromatic heterocycles. The van der Waals surface area contributed by atoms with Crippen molar-refractivity contribution in [3.8, 4) is 6.07 Å². The summed E-state index contributed by atoms with van der Waals surface area (Å²) < 4.78 is 0. The van der Waals surface area contributed by atoms with Crippen molar-refractivity contribution in [1.82, 2.24) is 5.32 Å². The minimum absolute atomic E-state index is 0.00978. The van der Waals surface area contributed by atoms with Gasteiger partial charge in [-0.25, -0.2) is 0 Å². The summed E-state index contributed by atoms with van der Waals surface area (Å²) in [6.45, 7) is 4.71. The van der Waals surface area contributed by atoms with Crippen molar-refractivity contribution in [1.29, 1.82) is 5.26 Å². The molecule has 4 nitrogen and oxygen atoms in total. The van der Waals surface area contributed by atoms with E-state index in [0.29, 0.717) is 13.1 Å². The number of nitrogens with one attached hydrogen (secondary N) is 1. The van der Waals surface area contributed by atoms with E-state index >= 15 is 0 Å². The molecule has 0 bridgehead atoms. The normalized spacial score (nSPS) is 14.1. The fourth-order valence-corrected chi connectivity index (χ4v) is 1.03. The number of amides is 1. The summed E-state index contributed by atoms with van der Waals surface area (Å²) in [5.41, 5.74) is 5.35. The Hall–Kier alpha value is -1.08. The van der Waals surface area contributed by atoms with Crippen molar-refractivity contribution in [2.75, 3.05) is 13.1 Å². The Morgan fingerprint density at radius 1 is 1.57 bits per heavy atom. The number of hydrogen-bond donors (Lipinski definition) is 2. The zero-order valence-electron chi connectivity index (χ0n) is 8.92. The van der Waals surface area contributed by atoms with E-state index < -0.39 is 0 Å². The van der Waals surface area contributed by atoms with E-state index in [-0.39, 0.29) is 17.7 Å². The summed E-state index contributed by atoms with van der Waals surface area (Å²) in [6.07, 6.45) is 1.67. The van der Waals surface area contributed by atoms with Gasteiger partial charge in [-0.3, -0.25) is 4.79 Å². The van der Waals surface area contributed by atoms with Gasteiger partial charge < -0.3 is 11.1 Å². The van der Waals surface area contributed by atoms with E-state index in [1.165, 1.54) is 0 Å². The molecule has 0 aromatic carbocycles. The van der Waals surface area contributed by atoms with Crippen LogP contribution in [0.3, 0.4) is 0 Å². The average Bonchev–Trinajstić information content (AvgIpc) is 2.21. The van der Waals surface area contributed by atoms with Gasteiger partial charge in [0, 0.05) is 12.5 Å². The van der Waals surface area contributed by atoms with E-state index in [0.717, 1.165) is 12.8 Å². The van der Waals surface area contributed by atoms with Crippen molar-refractivity contribution < 1.29 is 4.79 Å². The number of hydrogen-bond acceptors (Lipinski definition) is 3. The largest absolute Gasteiger partial charge is 0.355 e. The van der Waals surface area contributed by atoms with Crippen LogP contribution in [0.1, 0.15) is 26.7 Å². The lowest BCUT2D eigenvalue weighted by atomic mass is 10.0. The lowest BCUT2D eigenvalue weighted by Crippen LogP contribution is -2.32. The molecule has 0 saturated heterocycles. The predicted octanol–water partition coefficient (Wildman–Crippen LogP) is 0.637. The maximum absolute atomic E-state index is 11.4. The molecule has 0 saturated carbocycles. The van der Waals surface area contributed by atoms with Crippen molar-refractivity contribution in [2.24, 2.45) is 17.6 Å². The van der Waals surface area contributed by atoms with E-state index in [9.17, 15) is 4.79 Å². The minimum atomic E-state index is -0.124. The molecule has 0 radical (unpaired) electrons. The number of nitrogens with two attached hydrogens (primary N) is 1. The Morgan fingerprint density at radius 3 is 2.71 bits per heavy atom. The van der Waals surface area contributed by atoms with Crippen LogP contribution in [0.4, 0.5) is 0 Å². The van der Waals surface area contributed by atoms with Crippen LogP contribution in [0.15, 0.2) is 0 Å². The second-order valence-electron chi connectivity index (χ2n) is 3.61. The molecular formula is C10H19N3O. The van der Waals surface area contributed by atoms with Gasteiger partial charge in [-0.05, 0) is 26.3 Å². The smallest absolute Gasteiger partial charge is 0.222 e. The number of nitrogens with zero attached hydrogens (tertiary/aromatic N) is 1. The molecule has 0 rings (SSSR count). The van der Waals surface area contributed by atoms with Gasteiger partial charge in [-0.2, -0.15) is 5.26 Å². The van der Waals surface area contributed by atoms with Crippen LogP contribution in [0, 0.1) is 23.2 Å². The maximum atomic E-state index is 11.4. The monoisotopic (exact) mass is 197 g/mol. The summed E-state index contributed by atoms with van der Waals surface area (Å²) in [4.78, 5) is 11.4. The maximum Gasteiger partial charge on any atom is 0.222 e. The standard InChI is InChI=1S/C10H19N3O/c1-8(6-12)7-13-10(14)9(2)4-3-5-11/h8-9H,3-5,7,11H2,1-2H3,(H,13,14). The van der Waals surface area contributed by atoms with Crippen LogP contribution in [0.25, 0.3) is 0 Å². The summed E-state index contributed by atoms with van der Waals surface area (Å²) in [5.74, 6) is -0.120. The molecule has 2 atom stereocenters. The SMILES string of the molecule is CC(C#N)CNC(=O)C(C)CCCN. The first kappa shape index (κ1) is 12.9. The van der Waals surface area contributed by atoms with Gasteiger partial charge in [0.1, 0.15) is 0 Å². The molecule has 0 aliphatic heterocycles. The Morgan fingerprint density at radius 2 is 2.21 bits per heavy atom. The molecule has 0 fully saturated rings. The third-order valence-electron chi connectivity index (χ3n) is 2.09. The van der Waals surface area contributed by atoms with Gasteiger partial charge in [0.05, 0.1) is 12.0 Å². The first-order valence-electron chi connectivity index (χ1n) is 4.99. The Bertz CT molecular complexity index is 210. The molecule has 0 spiro atoms. The topological polar surface area (TPSA) is 78.9 Å². The third kappa shape index (κ3) is 5.55. The van der Waals surface area contributed by atoms with Crippen molar-refractivity contribution in [3.63, 3.8) is 0 Å². The zero-order chi connectivity index (χ0) is 11.0. The quantitative estimate of drug-likeness (QED) is 0.655. The van der Waals surface area contributed by atoms with E-state index in [4.69, 9.17) is 11.0 Å². The van der Waals surface area contributed by atoms with E-state index in [1.54, 1.807) is 6.92 Å². The molecular weight excluding hydrogens is 178 g/mol. The van der Waals surface area contributed by atoms with Crippen LogP contribution in [-0.2, 0) is 4.79 Å². The van der Waals surface area contributed by atoms with E-state index in [2.05, 4.69) is 11.4 Å². The fourth-order valence-electron chi connectivity index (χ4n) is 1.03. The molecule has 0 aromatic rings. The van der Waals surface area contributed by atoms with Gasteiger partial charge >= 0.3 is 0 Å². The molecule has 80 valence electrons. The summed E-state index contributed by atoms with van der Waals surface area (Å²) in [6, 6.07) is 2.07.